The Morgan fingerprint density at radius 2 is 1.43 bits per heavy atom. The van der Waals surface area contributed by atoms with Gasteiger partial charge in [-0.05, 0) is 67.3 Å². The van der Waals surface area contributed by atoms with Crippen molar-refractivity contribution >= 4 is 0 Å². The van der Waals surface area contributed by atoms with Crippen LogP contribution in [0.5, 0.6) is 0 Å². The molecule has 0 N–H and O–H groups in total. The molecular formula is C30H31F5O2. The van der Waals surface area contributed by atoms with Gasteiger partial charge in [-0.2, -0.15) is 0 Å². The van der Waals surface area contributed by atoms with Gasteiger partial charge in [0.1, 0.15) is 5.82 Å². The third-order valence-electron chi connectivity index (χ3n) is 6.91. The van der Waals surface area contributed by atoms with Crippen LogP contribution in [0.4, 0.5) is 22.0 Å². The number of ether oxygens (including phenoxy) is 2. The Labute approximate surface area is 214 Å². The van der Waals surface area contributed by atoms with E-state index in [1.807, 2.05) is 19.9 Å². The van der Waals surface area contributed by atoms with Crippen LogP contribution in [0.15, 0.2) is 42.5 Å². The van der Waals surface area contributed by atoms with Gasteiger partial charge >= 0.3 is 0 Å². The van der Waals surface area contributed by atoms with Gasteiger partial charge in [-0.1, -0.05) is 49.7 Å². The first kappa shape index (κ1) is 27.3. The summed E-state index contributed by atoms with van der Waals surface area (Å²) in [5, 5.41) is 0. The maximum atomic E-state index is 15.0. The first-order chi connectivity index (χ1) is 17.8. The van der Waals surface area contributed by atoms with Gasteiger partial charge in [0.2, 0.25) is 0 Å². The van der Waals surface area contributed by atoms with E-state index in [2.05, 4.69) is 0 Å². The average Bonchev–Trinajstić information content (AvgIpc) is 2.89. The summed E-state index contributed by atoms with van der Waals surface area (Å²) < 4.78 is 85.3. The average molecular weight is 519 g/mol. The zero-order valence-electron chi connectivity index (χ0n) is 21.1. The molecule has 1 heterocycles. The molecule has 1 saturated heterocycles. The normalized spacial score (nSPS) is 17.8. The molecule has 1 aliphatic heterocycles. The van der Waals surface area contributed by atoms with E-state index in [0.29, 0.717) is 25.0 Å². The fraction of sp³-hybridized carbons (Fsp3) is 0.400. The van der Waals surface area contributed by atoms with Crippen LogP contribution in [0.1, 0.15) is 61.3 Å². The molecule has 0 aromatic heterocycles. The monoisotopic (exact) mass is 518 g/mol. The van der Waals surface area contributed by atoms with Crippen molar-refractivity contribution in [2.24, 2.45) is 0 Å². The van der Waals surface area contributed by atoms with Crippen molar-refractivity contribution in [3.05, 3.63) is 93.8 Å². The molecule has 2 nitrogen and oxygen atoms in total. The van der Waals surface area contributed by atoms with Gasteiger partial charge in [0.05, 0.1) is 6.61 Å². The number of rotatable bonds is 9. The highest BCUT2D eigenvalue weighted by Crippen LogP contribution is 2.36. The lowest BCUT2D eigenvalue weighted by Crippen LogP contribution is -2.27. The maximum absolute atomic E-state index is 15.0. The van der Waals surface area contributed by atoms with Crippen LogP contribution in [-0.4, -0.2) is 19.5 Å². The van der Waals surface area contributed by atoms with Gasteiger partial charge in [0, 0.05) is 23.7 Å². The molecule has 0 bridgehead atoms. The van der Waals surface area contributed by atoms with Crippen molar-refractivity contribution in [2.45, 2.75) is 64.6 Å². The second-order valence-corrected chi connectivity index (χ2v) is 9.40. The molecule has 2 atom stereocenters. The van der Waals surface area contributed by atoms with Gasteiger partial charge in [-0.25, -0.2) is 22.0 Å². The molecule has 1 fully saturated rings. The summed E-state index contributed by atoms with van der Waals surface area (Å²) in [4.78, 5) is 0. The van der Waals surface area contributed by atoms with Gasteiger partial charge in [-0.15, -0.1) is 0 Å². The lowest BCUT2D eigenvalue weighted by molar-refractivity contribution is -0.164. The molecule has 0 radical (unpaired) electrons. The van der Waals surface area contributed by atoms with Crippen molar-refractivity contribution < 1.29 is 31.4 Å². The van der Waals surface area contributed by atoms with Gasteiger partial charge in [-0.3, -0.25) is 0 Å². The van der Waals surface area contributed by atoms with Crippen molar-refractivity contribution in [1.82, 2.24) is 0 Å². The van der Waals surface area contributed by atoms with E-state index in [9.17, 15) is 13.2 Å². The lowest BCUT2D eigenvalue weighted by atomic mass is 9.90. The molecule has 0 amide bonds. The second-order valence-electron chi connectivity index (χ2n) is 9.40. The summed E-state index contributed by atoms with van der Waals surface area (Å²) in [5.41, 5.74) is 0.754. The fourth-order valence-corrected chi connectivity index (χ4v) is 4.88. The largest absolute Gasteiger partial charge is 0.353 e. The molecule has 4 rings (SSSR count). The predicted molar refractivity (Wildman–Crippen MR) is 133 cm³/mol. The summed E-state index contributed by atoms with van der Waals surface area (Å²) in [6.45, 7) is 4.53. The highest BCUT2D eigenvalue weighted by molar-refractivity contribution is 5.66. The molecule has 7 heteroatoms. The van der Waals surface area contributed by atoms with Crippen molar-refractivity contribution in [3.8, 4) is 11.1 Å². The van der Waals surface area contributed by atoms with Gasteiger partial charge < -0.3 is 9.47 Å². The Kier molecular flexibility index (Phi) is 8.98. The molecule has 0 spiro atoms. The number of hydrogen-bond acceptors (Lipinski definition) is 2. The summed E-state index contributed by atoms with van der Waals surface area (Å²) in [6, 6.07) is 10.2. The van der Waals surface area contributed by atoms with Crippen LogP contribution in [0, 0.1) is 29.1 Å². The number of halogens is 5. The zero-order valence-corrected chi connectivity index (χ0v) is 21.1. The molecule has 0 saturated carbocycles. The summed E-state index contributed by atoms with van der Waals surface area (Å²) in [6.07, 6.45) is 2.65. The Bertz CT molecular complexity index is 1240. The Morgan fingerprint density at radius 3 is 2.08 bits per heavy atom. The number of aryl methyl sites for hydroxylation is 3. The van der Waals surface area contributed by atoms with Crippen LogP contribution in [0.3, 0.4) is 0 Å². The van der Waals surface area contributed by atoms with Crippen LogP contribution in [-0.2, 0) is 28.7 Å². The van der Waals surface area contributed by atoms with Crippen molar-refractivity contribution in [2.75, 3.05) is 13.2 Å². The predicted octanol–water partition coefficient (Wildman–Crippen LogP) is 8.04. The fourth-order valence-electron chi connectivity index (χ4n) is 4.88. The van der Waals surface area contributed by atoms with Crippen LogP contribution in [0.2, 0.25) is 0 Å². The Morgan fingerprint density at radius 1 is 0.757 bits per heavy atom. The van der Waals surface area contributed by atoms with E-state index in [-0.39, 0.29) is 59.7 Å². The third-order valence-corrected chi connectivity index (χ3v) is 6.91. The molecule has 3 aromatic carbocycles. The molecule has 1 aliphatic rings. The number of benzene rings is 3. The van der Waals surface area contributed by atoms with E-state index in [4.69, 9.17) is 9.47 Å². The summed E-state index contributed by atoms with van der Waals surface area (Å²) in [5.74, 6) is -5.47. The van der Waals surface area contributed by atoms with Crippen LogP contribution >= 0.6 is 0 Å². The van der Waals surface area contributed by atoms with Gasteiger partial charge in [0.15, 0.2) is 29.6 Å². The van der Waals surface area contributed by atoms with Crippen LogP contribution in [0.25, 0.3) is 11.1 Å². The third kappa shape index (κ3) is 6.04. The SMILES string of the molecule is CCCc1ccc(CCc2ccc(-c3ccc(C4CCC(OCC)OC4)c(F)c3F)c(F)c2F)c(F)c1. The molecule has 37 heavy (non-hydrogen) atoms. The zero-order chi connectivity index (χ0) is 26.5. The van der Waals surface area contributed by atoms with Crippen LogP contribution < -0.4 is 0 Å². The highest BCUT2D eigenvalue weighted by atomic mass is 19.2. The molecule has 2 unspecified atom stereocenters. The second kappa shape index (κ2) is 12.2. The Hall–Kier alpha value is -2.77. The topological polar surface area (TPSA) is 18.5 Å². The van der Waals surface area contributed by atoms with Crippen molar-refractivity contribution in [1.29, 1.82) is 0 Å². The van der Waals surface area contributed by atoms with E-state index >= 15 is 8.78 Å². The summed E-state index contributed by atoms with van der Waals surface area (Å²) >= 11 is 0. The minimum atomic E-state index is -1.26. The molecule has 198 valence electrons. The Balaban J connectivity index is 1.51. The maximum Gasteiger partial charge on any atom is 0.167 e. The highest BCUT2D eigenvalue weighted by Gasteiger charge is 2.28. The van der Waals surface area contributed by atoms with E-state index in [0.717, 1.165) is 18.4 Å². The summed E-state index contributed by atoms with van der Waals surface area (Å²) in [7, 11) is 0. The first-order valence-electron chi connectivity index (χ1n) is 12.8. The molecule has 3 aromatic rings. The molecular weight excluding hydrogens is 487 g/mol. The van der Waals surface area contributed by atoms with E-state index in [1.54, 1.807) is 6.07 Å². The van der Waals surface area contributed by atoms with Gasteiger partial charge in [0.25, 0.3) is 0 Å². The lowest BCUT2D eigenvalue weighted by Gasteiger charge is -2.29. The molecule has 0 aliphatic carbocycles. The van der Waals surface area contributed by atoms with E-state index in [1.165, 1.54) is 30.3 Å². The standard InChI is InChI=1S/C30H31F5O2/c1-3-5-18-6-7-19(25(31)16-18)8-9-20-10-12-23(29(34)27(20)32)24-14-13-22(28(33)30(24)35)21-11-15-26(36-4-2)37-17-21/h6-7,10,12-14,16,21,26H,3-5,8-9,11,15,17H2,1-2H3. The number of hydrogen-bond donors (Lipinski definition) is 0. The first-order valence-corrected chi connectivity index (χ1v) is 12.8. The quantitative estimate of drug-likeness (QED) is 0.267. The minimum Gasteiger partial charge on any atom is -0.353 e. The minimum absolute atomic E-state index is 0.0407. The van der Waals surface area contributed by atoms with E-state index < -0.39 is 23.3 Å². The smallest absolute Gasteiger partial charge is 0.167 e. The van der Waals surface area contributed by atoms with Crippen molar-refractivity contribution in [3.63, 3.8) is 0 Å².